The summed E-state index contributed by atoms with van der Waals surface area (Å²) in [4.78, 5) is 14.6. The van der Waals surface area contributed by atoms with Crippen LogP contribution in [0.2, 0.25) is 0 Å². The number of aliphatic hydroxyl groups excluding tert-OH is 1. The summed E-state index contributed by atoms with van der Waals surface area (Å²) >= 11 is 0. The van der Waals surface area contributed by atoms with Crippen LogP contribution in [0.4, 0.5) is 0 Å². The van der Waals surface area contributed by atoms with Crippen molar-refractivity contribution >= 4 is 12.0 Å². The third-order valence-electron chi connectivity index (χ3n) is 5.73. The molecule has 25 heavy (non-hydrogen) atoms. The van der Waals surface area contributed by atoms with Gasteiger partial charge in [0.1, 0.15) is 0 Å². The Morgan fingerprint density at radius 2 is 2.00 bits per heavy atom. The van der Waals surface area contributed by atoms with Gasteiger partial charge in [-0.05, 0) is 38.7 Å². The number of likely N-dealkylation sites (tertiary alicyclic amines) is 1. The van der Waals surface area contributed by atoms with Crippen molar-refractivity contribution in [2.75, 3.05) is 13.1 Å². The second-order valence-corrected chi connectivity index (χ2v) is 7.38. The van der Waals surface area contributed by atoms with E-state index < -0.39 is 0 Å². The summed E-state index contributed by atoms with van der Waals surface area (Å²) in [6, 6.07) is 0.544. The van der Waals surface area contributed by atoms with Crippen molar-refractivity contribution in [2.45, 2.75) is 63.6 Å². The molecule has 2 N–H and O–H groups in total. The zero-order valence-corrected chi connectivity index (χ0v) is 15.3. The Hall–Kier alpha value is -1.66. The minimum absolute atomic E-state index is 0.0422. The number of aliphatic hydroxyl groups is 1. The van der Waals surface area contributed by atoms with Gasteiger partial charge >= 0.3 is 0 Å². The van der Waals surface area contributed by atoms with Gasteiger partial charge in [-0.25, -0.2) is 0 Å². The molecule has 1 saturated heterocycles. The zero-order chi connectivity index (χ0) is 17.8. The first-order chi connectivity index (χ1) is 12.0. The fourth-order valence-electron chi connectivity index (χ4n) is 3.99. The Morgan fingerprint density at radius 1 is 1.28 bits per heavy atom. The summed E-state index contributed by atoms with van der Waals surface area (Å²) in [5, 5.41) is 17.5. The molecule has 6 nitrogen and oxygen atoms in total. The van der Waals surface area contributed by atoms with E-state index >= 15 is 0 Å². The first kappa shape index (κ1) is 18.1. The van der Waals surface area contributed by atoms with Gasteiger partial charge in [0.05, 0.1) is 12.3 Å². The van der Waals surface area contributed by atoms with Crippen LogP contribution in [0.5, 0.6) is 0 Å². The van der Waals surface area contributed by atoms with Crippen molar-refractivity contribution in [2.24, 2.45) is 7.05 Å². The number of hydrogen-bond donors (Lipinski definition) is 2. The predicted octanol–water partition coefficient (Wildman–Crippen LogP) is 1.63. The number of amides is 1. The van der Waals surface area contributed by atoms with Crippen molar-refractivity contribution in [3.63, 3.8) is 0 Å². The molecule has 1 aliphatic carbocycles. The molecule has 0 bridgehead atoms. The molecule has 1 aliphatic heterocycles. The summed E-state index contributed by atoms with van der Waals surface area (Å²) in [5.41, 5.74) is 2.02. The lowest BCUT2D eigenvalue weighted by atomic mass is 9.89. The Balaban J connectivity index is 1.45. The second kappa shape index (κ2) is 8.15. The van der Waals surface area contributed by atoms with Gasteiger partial charge < -0.3 is 10.4 Å². The molecule has 2 heterocycles. The smallest absolute Gasteiger partial charge is 0.244 e. The molecule has 3 rings (SSSR count). The molecule has 2 unspecified atom stereocenters. The number of nitrogens with zero attached hydrogens (tertiary/aromatic N) is 3. The van der Waals surface area contributed by atoms with Crippen molar-refractivity contribution in [1.29, 1.82) is 0 Å². The number of piperidine rings is 1. The van der Waals surface area contributed by atoms with E-state index in [1.54, 1.807) is 17.0 Å². The molecule has 1 aromatic rings. The minimum atomic E-state index is -0.175. The third kappa shape index (κ3) is 4.50. The largest absolute Gasteiger partial charge is 0.391 e. The van der Waals surface area contributed by atoms with E-state index in [0.717, 1.165) is 56.5 Å². The van der Waals surface area contributed by atoms with Crippen LogP contribution >= 0.6 is 0 Å². The van der Waals surface area contributed by atoms with E-state index in [1.165, 1.54) is 6.42 Å². The summed E-state index contributed by atoms with van der Waals surface area (Å²) < 4.78 is 1.80. The monoisotopic (exact) mass is 346 g/mol. The standard InChI is InChI=1S/C19H30N4O2/c1-14-15(13-20-22(14)2)7-8-19(25)21-16-9-11-23(12-10-16)17-5-3-4-6-18(17)24/h7-8,13,16-18,24H,3-6,9-12H2,1-2H3,(H,21,25)/b8-7+. The van der Waals surface area contributed by atoms with Gasteiger partial charge in [-0.2, -0.15) is 5.10 Å². The highest BCUT2D eigenvalue weighted by Gasteiger charge is 2.31. The number of carbonyl (C=O) groups is 1. The molecule has 1 aromatic heterocycles. The highest BCUT2D eigenvalue weighted by atomic mass is 16.3. The summed E-state index contributed by atoms with van der Waals surface area (Å²) in [6.07, 6.45) is 11.3. The van der Waals surface area contributed by atoms with E-state index in [1.807, 2.05) is 20.0 Å². The van der Waals surface area contributed by atoms with E-state index in [0.29, 0.717) is 6.04 Å². The van der Waals surface area contributed by atoms with Crippen LogP contribution in [-0.4, -0.2) is 57.0 Å². The molecule has 138 valence electrons. The van der Waals surface area contributed by atoms with E-state index in [-0.39, 0.29) is 18.1 Å². The number of rotatable bonds is 4. The van der Waals surface area contributed by atoms with E-state index in [2.05, 4.69) is 15.3 Å². The van der Waals surface area contributed by atoms with Crippen LogP contribution in [0.15, 0.2) is 12.3 Å². The van der Waals surface area contributed by atoms with Gasteiger partial charge in [-0.1, -0.05) is 12.8 Å². The maximum atomic E-state index is 12.2. The summed E-state index contributed by atoms with van der Waals surface area (Å²) in [5.74, 6) is -0.0422. The highest BCUT2D eigenvalue weighted by molar-refractivity contribution is 5.92. The average Bonchev–Trinajstić information content (AvgIpc) is 2.93. The maximum absolute atomic E-state index is 12.2. The quantitative estimate of drug-likeness (QED) is 0.813. The Bertz CT molecular complexity index is 617. The van der Waals surface area contributed by atoms with Crippen LogP contribution in [-0.2, 0) is 11.8 Å². The van der Waals surface area contributed by atoms with Crippen LogP contribution in [0.3, 0.4) is 0 Å². The van der Waals surface area contributed by atoms with Crippen LogP contribution < -0.4 is 5.32 Å². The molecule has 6 heteroatoms. The number of hydrogen-bond acceptors (Lipinski definition) is 4. The molecule has 1 amide bonds. The van der Waals surface area contributed by atoms with Gasteiger partial charge in [0.15, 0.2) is 0 Å². The number of aromatic nitrogens is 2. The number of carbonyl (C=O) groups excluding carboxylic acids is 1. The minimum Gasteiger partial charge on any atom is -0.391 e. The molecule has 0 spiro atoms. The lowest BCUT2D eigenvalue weighted by molar-refractivity contribution is -0.117. The second-order valence-electron chi connectivity index (χ2n) is 7.38. The van der Waals surface area contributed by atoms with Gasteiger partial charge in [0.25, 0.3) is 0 Å². The predicted molar refractivity (Wildman–Crippen MR) is 98.0 cm³/mol. The Labute approximate surface area is 149 Å². The average molecular weight is 346 g/mol. The van der Waals surface area contributed by atoms with Gasteiger partial charge in [-0.3, -0.25) is 14.4 Å². The molecule has 2 atom stereocenters. The van der Waals surface area contributed by atoms with Crippen LogP contribution in [0.25, 0.3) is 6.08 Å². The molecule has 0 radical (unpaired) electrons. The van der Waals surface area contributed by atoms with E-state index in [4.69, 9.17) is 0 Å². The Morgan fingerprint density at radius 3 is 2.64 bits per heavy atom. The fourth-order valence-corrected chi connectivity index (χ4v) is 3.99. The third-order valence-corrected chi connectivity index (χ3v) is 5.73. The normalized spacial score (nSPS) is 26.2. The fraction of sp³-hybridized carbons (Fsp3) is 0.684. The van der Waals surface area contributed by atoms with Crippen molar-refractivity contribution in [1.82, 2.24) is 20.0 Å². The summed E-state index contributed by atoms with van der Waals surface area (Å²) in [7, 11) is 1.89. The van der Waals surface area contributed by atoms with Crippen molar-refractivity contribution in [3.05, 3.63) is 23.5 Å². The number of aryl methyl sites for hydroxylation is 1. The zero-order valence-electron chi connectivity index (χ0n) is 15.3. The van der Waals surface area contributed by atoms with Gasteiger partial charge in [0, 0.05) is 49.6 Å². The highest BCUT2D eigenvalue weighted by Crippen LogP contribution is 2.25. The molecule has 0 aromatic carbocycles. The first-order valence-corrected chi connectivity index (χ1v) is 9.44. The molecular weight excluding hydrogens is 316 g/mol. The topological polar surface area (TPSA) is 70.4 Å². The first-order valence-electron chi connectivity index (χ1n) is 9.44. The lowest BCUT2D eigenvalue weighted by Gasteiger charge is -2.41. The maximum Gasteiger partial charge on any atom is 0.244 e. The molecular formula is C19H30N4O2. The molecule has 2 fully saturated rings. The lowest BCUT2D eigenvalue weighted by Crippen LogP contribution is -2.52. The number of nitrogens with one attached hydrogen (secondary N) is 1. The van der Waals surface area contributed by atoms with Gasteiger partial charge in [0.2, 0.25) is 5.91 Å². The van der Waals surface area contributed by atoms with Crippen molar-refractivity contribution in [3.8, 4) is 0 Å². The van der Waals surface area contributed by atoms with Gasteiger partial charge in [-0.15, -0.1) is 0 Å². The molecule has 1 saturated carbocycles. The summed E-state index contributed by atoms with van der Waals surface area (Å²) in [6.45, 7) is 3.90. The Kier molecular flexibility index (Phi) is 5.91. The van der Waals surface area contributed by atoms with Crippen molar-refractivity contribution < 1.29 is 9.90 Å². The van der Waals surface area contributed by atoms with Crippen LogP contribution in [0, 0.1) is 6.92 Å². The van der Waals surface area contributed by atoms with E-state index in [9.17, 15) is 9.90 Å². The van der Waals surface area contributed by atoms with Crippen LogP contribution in [0.1, 0.15) is 49.8 Å². The SMILES string of the molecule is Cc1c(/C=C/C(=O)NC2CCN(C3CCCCC3O)CC2)cnn1C. The molecule has 2 aliphatic rings.